The maximum atomic E-state index is 13.5. The number of ether oxygens (including phenoxy) is 1. The van der Waals surface area contributed by atoms with E-state index in [-0.39, 0.29) is 16.1 Å². The van der Waals surface area contributed by atoms with Crippen molar-refractivity contribution in [2.24, 2.45) is 5.92 Å². The van der Waals surface area contributed by atoms with Crippen molar-refractivity contribution in [2.45, 2.75) is 58.5 Å². The Labute approximate surface area is 231 Å². The van der Waals surface area contributed by atoms with Crippen LogP contribution >= 0.6 is 0 Å². The smallest absolute Gasteiger partial charge is 0.281 e. The summed E-state index contributed by atoms with van der Waals surface area (Å²) in [5, 5.41) is 2.57. The molecule has 1 saturated heterocycles. The second-order valence-electron chi connectivity index (χ2n) is 10.7. The molecule has 0 unspecified atom stereocenters. The van der Waals surface area contributed by atoms with Gasteiger partial charge in [-0.3, -0.25) is 4.79 Å². The largest absolute Gasteiger partial charge is 0.494 e. The van der Waals surface area contributed by atoms with Crippen molar-refractivity contribution in [3.8, 4) is 17.0 Å². The second-order valence-corrected chi connectivity index (χ2v) is 12.3. The summed E-state index contributed by atoms with van der Waals surface area (Å²) >= 11 is 0. The zero-order chi connectivity index (χ0) is 28.5. The van der Waals surface area contributed by atoms with E-state index >= 15 is 0 Å². The van der Waals surface area contributed by atoms with Gasteiger partial charge in [0.05, 0.1) is 17.9 Å². The minimum atomic E-state index is -4.22. The van der Waals surface area contributed by atoms with Crippen molar-refractivity contribution < 1.29 is 17.9 Å². The van der Waals surface area contributed by atoms with Crippen molar-refractivity contribution in [1.29, 1.82) is 0 Å². The first-order chi connectivity index (χ1) is 18.4. The molecular weight excluding hydrogens is 514 g/mol. The van der Waals surface area contributed by atoms with Gasteiger partial charge in [0.15, 0.2) is 5.03 Å². The van der Waals surface area contributed by atoms with E-state index in [4.69, 9.17) is 9.72 Å². The molecule has 1 amide bonds. The fraction of sp³-hybridized carbons (Fsp3) is 0.414. The van der Waals surface area contributed by atoms with Gasteiger partial charge in [-0.25, -0.2) is 14.7 Å². The van der Waals surface area contributed by atoms with E-state index in [1.807, 2.05) is 32.9 Å². The van der Waals surface area contributed by atoms with E-state index in [0.717, 1.165) is 28.9 Å². The van der Waals surface area contributed by atoms with Crippen LogP contribution in [0.5, 0.6) is 5.75 Å². The fourth-order valence-electron chi connectivity index (χ4n) is 5.25. The summed E-state index contributed by atoms with van der Waals surface area (Å²) in [6, 6.07) is 12.0. The average Bonchev–Trinajstić information content (AvgIpc) is 3.17. The summed E-state index contributed by atoms with van der Waals surface area (Å²) in [4.78, 5) is 24.7. The zero-order valence-corrected chi connectivity index (χ0v) is 24.4. The van der Waals surface area contributed by atoms with Gasteiger partial charge in [0.1, 0.15) is 17.4 Å². The van der Waals surface area contributed by atoms with E-state index in [1.165, 1.54) is 6.07 Å². The molecule has 208 valence electrons. The van der Waals surface area contributed by atoms with Crippen LogP contribution in [0.3, 0.4) is 0 Å². The Hall–Kier alpha value is -3.66. The topological polar surface area (TPSA) is 114 Å². The predicted octanol–water partition coefficient (Wildman–Crippen LogP) is 4.94. The Kier molecular flexibility index (Phi) is 7.88. The van der Waals surface area contributed by atoms with Crippen LogP contribution in [0.2, 0.25) is 0 Å². The highest BCUT2D eigenvalue weighted by molar-refractivity contribution is 7.90. The number of nitrogens with one attached hydrogen (secondary N) is 2. The molecule has 1 aliphatic heterocycles. The second kappa shape index (κ2) is 10.8. The van der Waals surface area contributed by atoms with Crippen LogP contribution in [-0.4, -0.2) is 50.0 Å². The molecule has 0 radical (unpaired) electrons. The summed E-state index contributed by atoms with van der Waals surface area (Å²) in [6.45, 7) is 13.6. The number of anilines is 2. The van der Waals surface area contributed by atoms with Crippen LogP contribution in [0.15, 0.2) is 47.5 Å². The van der Waals surface area contributed by atoms with E-state index in [2.05, 4.69) is 40.7 Å². The monoisotopic (exact) mass is 551 g/mol. The number of aryl methyl sites for hydroxylation is 2. The van der Waals surface area contributed by atoms with Gasteiger partial charge in [0, 0.05) is 24.7 Å². The number of sulfonamides is 1. The number of amides is 1. The maximum Gasteiger partial charge on any atom is 0.281 e. The Bertz CT molecular complexity index is 1500. The first-order valence-corrected chi connectivity index (χ1v) is 14.6. The zero-order valence-electron chi connectivity index (χ0n) is 23.6. The van der Waals surface area contributed by atoms with Gasteiger partial charge in [-0.2, -0.15) is 8.42 Å². The summed E-state index contributed by atoms with van der Waals surface area (Å²) in [5.74, 6) is 1.29. The van der Waals surface area contributed by atoms with Gasteiger partial charge in [0.2, 0.25) is 0 Å². The van der Waals surface area contributed by atoms with Crippen LogP contribution < -0.4 is 19.7 Å². The molecule has 2 N–H and O–H groups in total. The van der Waals surface area contributed by atoms with Crippen molar-refractivity contribution in [3.63, 3.8) is 0 Å². The number of rotatable bonds is 8. The van der Waals surface area contributed by atoms with Gasteiger partial charge < -0.3 is 15.0 Å². The first-order valence-electron chi connectivity index (χ1n) is 13.1. The quantitative estimate of drug-likeness (QED) is 0.405. The number of nitrogens with zero attached hydrogens (tertiary/aromatic N) is 3. The summed E-state index contributed by atoms with van der Waals surface area (Å²) in [7, 11) is -2.57. The lowest BCUT2D eigenvalue weighted by Gasteiger charge is -2.34. The van der Waals surface area contributed by atoms with Gasteiger partial charge in [-0.1, -0.05) is 13.0 Å². The number of hydrogen-bond acceptors (Lipinski definition) is 8. The van der Waals surface area contributed by atoms with E-state index < -0.39 is 15.9 Å². The molecule has 1 atom stereocenters. The first kappa shape index (κ1) is 28.4. The minimum Gasteiger partial charge on any atom is -0.494 e. The van der Waals surface area contributed by atoms with Crippen molar-refractivity contribution in [3.05, 3.63) is 59.2 Å². The molecule has 1 aromatic carbocycles. The number of hydrogen-bond donors (Lipinski definition) is 2. The molecule has 39 heavy (non-hydrogen) atoms. The number of benzene rings is 1. The highest BCUT2D eigenvalue weighted by Gasteiger charge is 2.39. The van der Waals surface area contributed by atoms with E-state index in [0.29, 0.717) is 36.4 Å². The lowest BCUT2D eigenvalue weighted by molar-refractivity contribution is 0.0981. The predicted molar refractivity (Wildman–Crippen MR) is 154 cm³/mol. The third kappa shape index (κ3) is 5.85. The van der Waals surface area contributed by atoms with Crippen molar-refractivity contribution >= 4 is 27.6 Å². The normalized spacial score (nSPS) is 16.7. The Morgan fingerprint density at radius 2 is 1.87 bits per heavy atom. The SMILES string of the molecule is CCOc1cc(C)c(-c2ccc(C(=O)NS(=O)(=O)c3cccc(NC)n3)c(N3C[C@@H](C)CC3(C)C)n2)cc1C. The lowest BCUT2D eigenvalue weighted by Crippen LogP contribution is -2.41. The third-order valence-electron chi connectivity index (χ3n) is 7.03. The fourth-order valence-corrected chi connectivity index (χ4v) is 6.19. The van der Waals surface area contributed by atoms with Gasteiger partial charge in [-0.15, -0.1) is 0 Å². The Morgan fingerprint density at radius 1 is 1.13 bits per heavy atom. The van der Waals surface area contributed by atoms with Crippen LogP contribution in [0.1, 0.15) is 55.6 Å². The number of aromatic nitrogens is 2. The molecule has 1 aliphatic rings. The molecule has 3 heterocycles. The number of carbonyl (C=O) groups is 1. The maximum absolute atomic E-state index is 13.5. The van der Waals surface area contributed by atoms with Crippen molar-refractivity contribution in [2.75, 3.05) is 30.4 Å². The molecule has 10 heteroatoms. The molecule has 3 aromatic rings. The standard InChI is InChI=1S/C29H37N5O4S/c1-8-38-24-15-19(3)22(14-20(24)4)23-13-12-21(27(31-23)34-17-18(2)16-29(34,5)6)28(35)33-39(36,37)26-11-9-10-25(30-7)32-26/h9-15,18H,8,16-17H2,1-7H3,(H,30,32)(H,33,35)/t18-/m0/s1. The molecule has 9 nitrogen and oxygen atoms in total. The molecule has 0 saturated carbocycles. The molecule has 2 aromatic heterocycles. The highest BCUT2D eigenvalue weighted by Crippen LogP contribution is 2.39. The van der Waals surface area contributed by atoms with Crippen molar-refractivity contribution in [1.82, 2.24) is 14.7 Å². The summed E-state index contributed by atoms with van der Waals surface area (Å²) in [5.41, 5.74) is 3.52. The van der Waals surface area contributed by atoms with Crippen LogP contribution in [0, 0.1) is 19.8 Å². The average molecular weight is 552 g/mol. The molecule has 0 spiro atoms. The van der Waals surface area contributed by atoms with Crippen LogP contribution in [0.4, 0.5) is 11.6 Å². The highest BCUT2D eigenvalue weighted by atomic mass is 32.2. The third-order valence-corrected chi connectivity index (χ3v) is 8.26. The van der Waals surface area contributed by atoms with Gasteiger partial charge >= 0.3 is 0 Å². The summed E-state index contributed by atoms with van der Waals surface area (Å²) in [6.07, 6.45) is 0.917. The van der Waals surface area contributed by atoms with Crippen LogP contribution in [-0.2, 0) is 10.0 Å². The minimum absolute atomic E-state index is 0.189. The van der Waals surface area contributed by atoms with E-state index in [1.54, 1.807) is 31.3 Å². The summed E-state index contributed by atoms with van der Waals surface area (Å²) < 4.78 is 34.1. The molecule has 0 bridgehead atoms. The molecule has 0 aliphatic carbocycles. The molecule has 1 fully saturated rings. The number of carbonyl (C=O) groups excluding carboxylic acids is 1. The Morgan fingerprint density at radius 3 is 2.51 bits per heavy atom. The van der Waals surface area contributed by atoms with E-state index in [9.17, 15) is 13.2 Å². The molecule has 4 rings (SSSR count). The van der Waals surface area contributed by atoms with Gasteiger partial charge in [-0.05, 0) is 94.5 Å². The van der Waals surface area contributed by atoms with Gasteiger partial charge in [0.25, 0.3) is 15.9 Å². The Balaban J connectivity index is 1.79. The van der Waals surface area contributed by atoms with Crippen LogP contribution in [0.25, 0.3) is 11.3 Å². The molecular formula is C29H37N5O4S. The lowest BCUT2D eigenvalue weighted by atomic mass is 9.97. The number of pyridine rings is 2.